The lowest BCUT2D eigenvalue weighted by molar-refractivity contribution is -0.127. The summed E-state index contributed by atoms with van der Waals surface area (Å²) >= 11 is 0. The number of amides is 1. The van der Waals surface area contributed by atoms with E-state index in [2.05, 4.69) is 41.4 Å². The van der Waals surface area contributed by atoms with Gasteiger partial charge < -0.3 is 5.32 Å². The van der Waals surface area contributed by atoms with Gasteiger partial charge in [0.1, 0.15) is 5.82 Å². The molecule has 1 atom stereocenters. The van der Waals surface area contributed by atoms with Crippen molar-refractivity contribution in [2.45, 2.75) is 39.3 Å². The molecule has 3 rings (SSSR count). The molecule has 0 unspecified atom stereocenters. The summed E-state index contributed by atoms with van der Waals surface area (Å²) in [5.41, 5.74) is 3.47. The van der Waals surface area contributed by atoms with E-state index in [1.165, 1.54) is 17.7 Å². The molecule has 1 amide bonds. The standard InChI is InChI=1S/C22H27FN2O/c1-16-3-7-19(8-4-16)17(2)24-22(26)20-11-13-25(14-12-20)15-18-5-9-21(23)10-6-18/h3-10,17,20H,11-15H2,1-2H3,(H,24,26)/t17-/m0/s1. The molecule has 1 fully saturated rings. The summed E-state index contributed by atoms with van der Waals surface area (Å²) in [6, 6.07) is 15.0. The van der Waals surface area contributed by atoms with Crippen molar-refractivity contribution in [1.29, 1.82) is 0 Å². The fourth-order valence-corrected chi connectivity index (χ4v) is 3.47. The van der Waals surface area contributed by atoms with Gasteiger partial charge in [-0.05, 0) is 63.0 Å². The smallest absolute Gasteiger partial charge is 0.223 e. The molecule has 1 heterocycles. The number of nitrogens with one attached hydrogen (secondary N) is 1. The van der Waals surface area contributed by atoms with Gasteiger partial charge in [0, 0.05) is 12.5 Å². The van der Waals surface area contributed by atoms with Crippen molar-refractivity contribution < 1.29 is 9.18 Å². The van der Waals surface area contributed by atoms with Gasteiger partial charge in [0.15, 0.2) is 0 Å². The summed E-state index contributed by atoms with van der Waals surface area (Å²) in [5.74, 6) is 0.0266. The zero-order chi connectivity index (χ0) is 18.5. The van der Waals surface area contributed by atoms with E-state index in [-0.39, 0.29) is 23.7 Å². The average molecular weight is 354 g/mol. The Morgan fingerprint density at radius 3 is 2.35 bits per heavy atom. The second-order valence-corrected chi connectivity index (χ2v) is 7.32. The number of carbonyl (C=O) groups is 1. The van der Waals surface area contributed by atoms with Crippen molar-refractivity contribution in [2.75, 3.05) is 13.1 Å². The molecular formula is C22H27FN2O. The van der Waals surface area contributed by atoms with Gasteiger partial charge in [-0.15, -0.1) is 0 Å². The van der Waals surface area contributed by atoms with Crippen LogP contribution in [0.3, 0.4) is 0 Å². The quantitative estimate of drug-likeness (QED) is 0.872. The molecule has 0 aromatic heterocycles. The van der Waals surface area contributed by atoms with Crippen LogP contribution in [0.15, 0.2) is 48.5 Å². The number of piperidine rings is 1. The number of likely N-dealkylation sites (tertiary alicyclic amines) is 1. The molecule has 2 aromatic rings. The molecule has 3 nitrogen and oxygen atoms in total. The molecular weight excluding hydrogens is 327 g/mol. The second-order valence-electron chi connectivity index (χ2n) is 7.32. The van der Waals surface area contributed by atoms with Gasteiger partial charge in [-0.3, -0.25) is 9.69 Å². The Hall–Kier alpha value is -2.20. The highest BCUT2D eigenvalue weighted by atomic mass is 19.1. The summed E-state index contributed by atoms with van der Waals surface area (Å²) in [7, 11) is 0. The minimum absolute atomic E-state index is 0.0281. The number of halogens is 1. The Morgan fingerprint density at radius 2 is 1.73 bits per heavy atom. The summed E-state index contributed by atoms with van der Waals surface area (Å²) in [5, 5.41) is 3.16. The van der Waals surface area contributed by atoms with Crippen molar-refractivity contribution in [2.24, 2.45) is 5.92 Å². The number of benzene rings is 2. The van der Waals surface area contributed by atoms with Gasteiger partial charge in [-0.2, -0.15) is 0 Å². The lowest BCUT2D eigenvalue weighted by Gasteiger charge is -2.32. The van der Waals surface area contributed by atoms with Crippen LogP contribution in [0, 0.1) is 18.7 Å². The van der Waals surface area contributed by atoms with E-state index in [0.717, 1.165) is 43.6 Å². The minimum atomic E-state index is -0.202. The first kappa shape index (κ1) is 18.6. The van der Waals surface area contributed by atoms with Crippen LogP contribution in [0.1, 0.15) is 42.5 Å². The van der Waals surface area contributed by atoms with Crippen LogP contribution in [-0.4, -0.2) is 23.9 Å². The van der Waals surface area contributed by atoms with E-state index >= 15 is 0 Å². The van der Waals surface area contributed by atoms with E-state index in [0.29, 0.717) is 0 Å². The van der Waals surface area contributed by atoms with E-state index in [1.54, 1.807) is 0 Å². The van der Waals surface area contributed by atoms with E-state index in [9.17, 15) is 9.18 Å². The molecule has 0 saturated carbocycles. The first-order valence-corrected chi connectivity index (χ1v) is 9.35. The van der Waals surface area contributed by atoms with Gasteiger partial charge in [0.2, 0.25) is 5.91 Å². The van der Waals surface area contributed by atoms with Crippen LogP contribution in [0.5, 0.6) is 0 Å². The van der Waals surface area contributed by atoms with Crippen molar-refractivity contribution >= 4 is 5.91 Å². The molecule has 4 heteroatoms. The van der Waals surface area contributed by atoms with Gasteiger partial charge in [-0.1, -0.05) is 42.0 Å². The predicted molar refractivity (Wildman–Crippen MR) is 102 cm³/mol. The van der Waals surface area contributed by atoms with Crippen LogP contribution in [-0.2, 0) is 11.3 Å². The fourth-order valence-electron chi connectivity index (χ4n) is 3.47. The molecule has 0 bridgehead atoms. The predicted octanol–water partition coefficient (Wildman–Crippen LogP) is 4.22. The van der Waals surface area contributed by atoms with Crippen LogP contribution in [0.2, 0.25) is 0 Å². The topological polar surface area (TPSA) is 32.3 Å². The third-order valence-electron chi connectivity index (χ3n) is 5.21. The van der Waals surface area contributed by atoms with E-state index in [4.69, 9.17) is 0 Å². The Kier molecular flexibility index (Phi) is 6.04. The zero-order valence-electron chi connectivity index (χ0n) is 15.5. The Balaban J connectivity index is 1.47. The molecule has 1 saturated heterocycles. The maximum absolute atomic E-state index is 13.0. The molecule has 1 aliphatic rings. The highest BCUT2D eigenvalue weighted by molar-refractivity contribution is 5.79. The van der Waals surface area contributed by atoms with Crippen LogP contribution >= 0.6 is 0 Å². The Bertz CT molecular complexity index is 719. The summed E-state index contributed by atoms with van der Waals surface area (Å²) in [4.78, 5) is 14.9. The lowest BCUT2D eigenvalue weighted by Crippen LogP contribution is -2.40. The monoisotopic (exact) mass is 354 g/mol. The first-order valence-electron chi connectivity index (χ1n) is 9.35. The normalized spacial score (nSPS) is 17.0. The molecule has 2 aromatic carbocycles. The van der Waals surface area contributed by atoms with Gasteiger partial charge >= 0.3 is 0 Å². The van der Waals surface area contributed by atoms with E-state index < -0.39 is 0 Å². The second kappa shape index (κ2) is 8.45. The Morgan fingerprint density at radius 1 is 1.12 bits per heavy atom. The number of carbonyl (C=O) groups excluding carboxylic acids is 1. The highest BCUT2D eigenvalue weighted by Crippen LogP contribution is 2.21. The maximum atomic E-state index is 13.0. The molecule has 138 valence electrons. The highest BCUT2D eigenvalue weighted by Gasteiger charge is 2.26. The van der Waals surface area contributed by atoms with Crippen LogP contribution in [0.4, 0.5) is 4.39 Å². The van der Waals surface area contributed by atoms with Crippen molar-refractivity contribution in [3.8, 4) is 0 Å². The number of hydrogen-bond acceptors (Lipinski definition) is 2. The number of nitrogens with zero attached hydrogens (tertiary/aromatic N) is 1. The van der Waals surface area contributed by atoms with Gasteiger partial charge in [-0.25, -0.2) is 4.39 Å². The zero-order valence-corrected chi connectivity index (χ0v) is 15.5. The van der Waals surface area contributed by atoms with Gasteiger partial charge in [0.25, 0.3) is 0 Å². The molecule has 0 spiro atoms. The van der Waals surface area contributed by atoms with Crippen LogP contribution < -0.4 is 5.32 Å². The number of hydrogen-bond donors (Lipinski definition) is 1. The molecule has 0 radical (unpaired) electrons. The summed E-state index contributed by atoms with van der Waals surface area (Å²) in [6.45, 7) is 6.70. The largest absolute Gasteiger partial charge is 0.349 e. The van der Waals surface area contributed by atoms with Crippen LogP contribution in [0.25, 0.3) is 0 Å². The Labute approximate surface area is 155 Å². The number of rotatable bonds is 5. The van der Waals surface area contributed by atoms with Crippen molar-refractivity contribution in [1.82, 2.24) is 10.2 Å². The van der Waals surface area contributed by atoms with Crippen molar-refractivity contribution in [3.63, 3.8) is 0 Å². The molecule has 1 N–H and O–H groups in total. The maximum Gasteiger partial charge on any atom is 0.223 e. The van der Waals surface area contributed by atoms with Gasteiger partial charge in [0.05, 0.1) is 6.04 Å². The first-order chi connectivity index (χ1) is 12.5. The SMILES string of the molecule is Cc1ccc([C@H](C)NC(=O)C2CCN(Cc3ccc(F)cc3)CC2)cc1. The van der Waals surface area contributed by atoms with Crippen molar-refractivity contribution in [3.05, 3.63) is 71.0 Å². The number of aryl methyl sites for hydroxylation is 1. The summed E-state index contributed by atoms with van der Waals surface area (Å²) < 4.78 is 13.0. The fraction of sp³-hybridized carbons (Fsp3) is 0.409. The van der Waals surface area contributed by atoms with E-state index in [1.807, 2.05) is 19.1 Å². The summed E-state index contributed by atoms with van der Waals surface area (Å²) in [6.07, 6.45) is 1.74. The molecule has 1 aliphatic heterocycles. The molecule has 26 heavy (non-hydrogen) atoms. The lowest BCUT2D eigenvalue weighted by atomic mass is 9.94. The average Bonchev–Trinajstić information content (AvgIpc) is 2.64. The minimum Gasteiger partial charge on any atom is -0.349 e. The third-order valence-corrected chi connectivity index (χ3v) is 5.21. The third kappa shape index (κ3) is 4.92. The molecule has 0 aliphatic carbocycles.